The molecule has 2 amide bonds. The number of benzene rings is 2. The summed E-state index contributed by atoms with van der Waals surface area (Å²) in [5.41, 5.74) is 5.06. The molecule has 6 nitrogen and oxygen atoms in total. The lowest BCUT2D eigenvalue weighted by Gasteiger charge is -2.45. The molecule has 0 unspecified atom stereocenters. The van der Waals surface area contributed by atoms with Crippen LogP contribution in [0, 0.1) is 11.8 Å². The molecule has 3 aliphatic rings. The summed E-state index contributed by atoms with van der Waals surface area (Å²) in [4.78, 5) is 31.7. The first-order valence-electron chi connectivity index (χ1n) is 12.5. The van der Waals surface area contributed by atoms with Crippen LogP contribution in [-0.4, -0.2) is 67.1 Å². The minimum Gasteiger partial charge on any atom is -0.394 e. The minimum absolute atomic E-state index is 0.00555. The van der Waals surface area contributed by atoms with Crippen LogP contribution in [0.4, 0.5) is 5.69 Å². The molecule has 2 aromatic rings. The van der Waals surface area contributed by atoms with Crippen molar-refractivity contribution >= 4 is 17.5 Å². The van der Waals surface area contributed by atoms with Crippen LogP contribution in [0.25, 0.3) is 11.1 Å². The number of aliphatic hydroxyl groups is 1. The quantitative estimate of drug-likeness (QED) is 0.749. The lowest BCUT2D eigenvalue weighted by atomic mass is 9.81. The van der Waals surface area contributed by atoms with E-state index in [0.717, 1.165) is 55.5 Å². The number of likely N-dealkylation sites (N-methyl/N-ethyl adjacent to an activating group) is 1. The van der Waals surface area contributed by atoms with Crippen LogP contribution in [0.3, 0.4) is 0 Å². The fourth-order valence-corrected chi connectivity index (χ4v) is 6.35. The van der Waals surface area contributed by atoms with Gasteiger partial charge < -0.3 is 19.8 Å². The third-order valence-corrected chi connectivity index (χ3v) is 8.21. The van der Waals surface area contributed by atoms with E-state index >= 15 is 0 Å². The van der Waals surface area contributed by atoms with Crippen molar-refractivity contribution in [1.82, 2.24) is 9.80 Å². The first-order valence-corrected chi connectivity index (χ1v) is 12.5. The molecule has 2 aromatic carbocycles. The van der Waals surface area contributed by atoms with Gasteiger partial charge in [-0.1, -0.05) is 31.0 Å². The third kappa shape index (κ3) is 3.78. The molecular weight excluding hydrogens is 426 g/mol. The van der Waals surface area contributed by atoms with E-state index < -0.39 is 0 Å². The molecule has 2 aliphatic heterocycles. The van der Waals surface area contributed by atoms with Gasteiger partial charge in [0.2, 0.25) is 5.91 Å². The van der Waals surface area contributed by atoms with E-state index in [0.29, 0.717) is 11.5 Å². The average Bonchev–Trinajstić information content (AvgIpc) is 3.54. The van der Waals surface area contributed by atoms with Gasteiger partial charge in [-0.2, -0.15) is 0 Å². The Morgan fingerprint density at radius 2 is 1.68 bits per heavy atom. The molecule has 0 spiro atoms. The highest BCUT2D eigenvalue weighted by Crippen LogP contribution is 2.50. The maximum Gasteiger partial charge on any atom is 0.253 e. The molecule has 3 atom stereocenters. The molecule has 0 bridgehead atoms. The summed E-state index contributed by atoms with van der Waals surface area (Å²) in [5.74, 6) is 0.667. The molecule has 1 saturated heterocycles. The number of rotatable bonds is 4. The standard InChI is InChI=1S/C28H35N3O3/c1-29(2)27(33)20-10-8-18(9-11-20)21-12-13-24-23(16-21)26-22(25(17-32)30(24)3)14-15-31(26)28(34)19-6-4-5-7-19/h8-13,16,19,22,25-26,32H,4-7,14-15,17H2,1-3H3/t22-,25-,26-/m0/s1. The zero-order chi connectivity index (χ0) is 24.0. The Morgan fingerprint density at radius 3 is 2.32 bits per heavy atom. The largest absolute Gasteiger partial charge is 0.394 e. The molecule has 0 aromatic heterocycles. The Balaban J connectivity index is 1.52. The van der Waals surface area contributed by atoms with Crippen LogP contribution in [0.2, 0.25) is 0 Å². The molecule has 6 heteroatoms. The van der Waals surface area contributed by atoms with Crippen molar-refractivity contribution < 1.29 is 14.7 Å². The topological polar surface area (TPSA) is 64.1 Å². The van der Waals surface area contributed by atoms with E-state index in [1.54, 1.807) is 19.0 Å². The van der Waals surface area contributed by atoms with E-state index in [1.165, 1.54) is 5.56 Å². The molecule has 0 radical (unpaired) electrons. The Hall–Kier alpha value is -2.86. The Bertz CT molecular complexity index is 1070. The number of amides is 2. The Morgan fingerprint density at radius 1 is 1.00 bits per heavy atom. The Labute approximate surface area is 202 Å². The highest BCUT2D eigenvalue weighted by molar-refractivity contribution is 5.94. The van der Waals surface area contributed by atoms with E-state index in [-0.39, 0.29) is 36.4 Å². The molecule has 180 valence electrons. The van der Waals surface area contributed by atoms with Crippen molar-refractivity contribution in [2.45, 2.75) is 44.2 Å². The zero-order valence-corrected chi connectivity index (χ0v) is 20.4. The van der Waals surface area contributed by atoms with Crippen LogP contribution in [0.1, 0.15) is 54.1 Å². The normalized spacial score (nSPS) is 24.2. The van der Waals surface area contributed by atoms with E-state index in [4.69, 9.17) is 0 Å². The number of carbonyl (C=O) groups is 2. The first kappa shape index (κ1) is 22.9. The maximum atomic E-state index is 13.5. The summed E-state index contributed by atoms with van der Waals surface area (Å²) >= 11 is 0. The lowest BCUT2D eigenvalue weighted by molar-refractivity contribution is -0.136. The van der Waals surface area contributed by atoms with E-state index in [2.05, 4.69) is 35.0 Å². The van der Waals surface area contributed by atoms with E-state index in [1.807, 2.05) is 24.3 Å². The van der Waals surface area contributed by atoms with Crippen LogP contribution < -0.4 is 4.90 Å². The predicted molar refractivity (Wildman–Crippen MR) is 134 cm³/mol. The summed E-state index contributed by atoms with van der Waals surface area (Å²) in [6, 6.07) is 14.2. The smallest absolute Gasteiger partial charge is 0.253 e. The van der Waals surface area contributed by atoms with Gasteiger partial charge in [-0.15, -0.1) is 0 Å². The molecule has 1 aliphatic carbocycles. The number of hydrogen-bond donors (Lipinski definition) is 1. The molecule has 1 N–H and O–H groups in total. The maximum absolute atomic E-state index is 13.5. The third-order valence-electron chi connectivity index (χ3n) is 8.21. The second-order valence-electron chi connectivity index (χ2n) is 10.3. The van der Waals surface area contributed by atoms with Crippen LogP contribution in [0.5, 0.6) is 0 Å². The van der Waals surface area contributed by atoms with Crippen molar-refractivity contribution in [3.8, 4) is 11.1 Å². The molecule has 5 rings (SSSR count). The number of nitrogens with zero attached hydrogens (tertiary/aromatic N) is 3. The van der Waals surface area contributed by atoms with Gasteiger partial charge >= 0.3 is 0 Å². The molecular formula is C28H35N3O3. The van der Waals surface area contributed by atoms with Crippen LogP contribution in [-0.2, 0) is 4.79 Å². The SMILES string of the molecule is CN(C)C(=O)c1ccc(-c2ccc3c(c2)[C@@H]2[C@@H](CCN2C(=O)C2CCCC2)[C@H](CO)N3C)cc1. The number of hydrogen-bond acceptors (Lipinski definition) is 4. The Kier molecular flexibility index (Phi) is 6.11. The van der Waals surface area contributed by atoms with Gasteiger partial charge in [0, 0.05) is 50.8 Å². The van der Waals surface area contributed by atoms with Gasteiger partial charge in [0.15, 0.2) is 0 Å². The summed E-state index contributed by atoms with van der Waals surface area (Å²) in [6.07, 6.45) is 5.21. The summed E-state index contributed by atoms with van der Waals surface area (Å²) < 4.78 is 0. The highest BCUT2D eigenvalue weighted by Gasteiger charge is 2.48. The zero-order valence-electron chi connectivity index (χ0n) is 20.4. The molecule has 2 heterocycles. The van der Waals surface area contributed by atoms with Crippen LogP contribution >= 0.6 is 0 Å². The summed E-state index contributed by atoms with van der Waals surface area (Å²) in [7, 11) is 5.57. The van der Waals surface area contributed by atoms with Gasteiger partial charge in [0.05, 0.1) is 18.7 Å². The number of aliphatic hydroxyl groups excluding tert-OH is 1. The number of fused-ring (bicyclic) bond motifs is 3. The van der Waals surface area contributed by atoms with E-state index in [9.17, 15) is 14.7 Å². The molecule has 2 fully saturated rings. The number of anilines is 1. The van der Waals surface area contributed by atoms with Gasteiger partial charge in [-0.25, -0.2) is 0 Å². The number of carbonyl (C=O) groups excluding carboxylic acids is 2. The number of likely N-dealkylation sites (tertiary alicyclic amines) is 1. The fraction of sp³-hybridized carbons (Fsp3) is 0.500. The van der Waals surface area contributed by atoms with Gasteiger partial charge in [0.1, 0.15) is 0 Å². The van der Waals surface area contributed by atoms with Crippen molar-refractivity contribution in [2.24, 2.45) is 11.8 Å². The van der Waals surface area contributed by atoms with Crippen molar-refractivity contribution in [3.05, 3.63) is 53.6 Å². The van der Waals surface area contributed by atoms with Gasteiger partial charge in [-0.05, 0) is 60.2 Å². The van der Waals surface area contributed by atoms with Gasteiger partial charge in [-0.3, -0.25) is 9.59 Å². The van der Waals surface area contributed by atoms with Crippen molar-refractivity contribution in [3.63, 3.8) is 0 Å². The van der Waals surface area contributed by atoms with Crippen molar-refractivity contribution in [2.75, 3.05) is 39.2 Å². The first-order chi connectivity index (χ1) is 16.4. The second-order valence-corrected chi connectivity index (χ2v) is 10.3. The van der Waals surface area contributed by atoms with Gasteiger partial charge in [0.25, 0.3) is 5.91 Å². The second kappa shape index (κ2) is 9.06. The summed E-state index contributed by atoms with van der Waals surface area (Å²) in [5, 5.41) is 10.2. The molecule has 34 heavy (non-hydrogen) atoms. The van der Waals surface area contributed by atoms with Crippen molar-refractivity contribution in [1.29, 1.82) is 0 Å². The summed E-state index contributed by atoms with van der Waals surface area (Å²) in [6.45, 7) is 0.853. The monoisotopic (exact) mass is 461 g/mol. The van der Waals surface area contributed by atoms with Crippen LogP contribution in [0.15, 0.2) is 42.5 Å². The fourth-order valence-electron chi connectivity index (χ4n) is 6.35. The molecule has 1 saturated carbocycles. The minimum atomic E-state index is -0.0106. The highest BCUT2D eigenvalue weighted by atomic mass is 16.3. The predicted octanol–water partition coefficient (Wildman–Crippen LogP) is 3.95. The lowest BCUT2D eigenvalue weighted by Crippen LogP contribution is -2.48. The average molecular weight is 462 g/mol.